The monoisotopic (exact) mass is 493 g/mol. The van der Waals surface area contributed by atoms with Gasteiger partial charge in [-0.25, -0.2) is 18.1 Å². The van der Waals surface area contributed by atoms with E-state index in [1.54, 1.807) is 24.4 Å². The first-order chi connectivity index (χ1) is 15.9. The Morgan fingerprint density at radius 1 is 1.18 bits per heavy atom. The van der Waals surface area contributed by atoms with Crippen molar-refractivity contribution in [3.05, 3.63) is 71.2 Å². The van der Waals surface area contributed by atoms with Crippen LogP contribution in [0.5, 0.6) is 0 Å². The smallest absolute Gasteiger partial charge is 0.280 e. The van der Waals surface area contributed by atoms with Crippen LogP contribution in [0.1, 0.15) is 11.3 Å². The van der Waals surface area contributed by atoms with Crippen LogP contribution >= 0.6 is 11.3 Å². The minimum Gasteiger partial charge on any atom is -0.389 e. The summed E-state index contributed by atoms with van der Waals surface area (Å²) >= 11 is 0.651. The van der Waals surface area contributed by atoms with Crippen molar-refractivity contribution in [2.75, 3.05) is 25.6 Å². The molecule has 0 fully saturated rings. The molecule has 3 aromatic rings. The Morgan fingerprint density at radius 2 is 1.97 bits per heavy atom. The van der Waals surface area contributed by atoms with Gasteiger partial charge in [-0.2, -0.15) is 4.39 Å². The van der Waals surface area contributed by atoms with Gasteiger partial charge in [-0.3, -0.25) is 15.1 Å². The fraction of sp³-hybridized carbons (Fsp3) is 0.200. The number of aromatic nitrogens is 2. The fourth-order valence-corrected chi connectivity index (χ4v) is 4.05. The number of anilines is 1. The van der Waals surface area contributed by atoms with Crippen molar-refractivity contribution in [2.45, 2.75) is 11.5 Å². The molecule has 0 spiro atoms. The third-order valence-corrected chi connectivity index (χ3v) is 6.22. The number of oxime groups is 1. The summed E-state index contributed by atoms with van der Waals surface area (Å²) in [5, 5.41) is 5.83. The number of amides is 1. The standard InChI is InChI=1S/C20H20FN5O5S2/c1-30-11-10-24-33(28,29)16-7-5-14(6-8-16)18(19(27)25-20-23-12-17(21)32-20)26-31-13-15-4-2-3-9-22-15/h2-9,12,24H,10-11,13H2,1H3,(H,23,25,27). The number of nitrogens with one attached hydrogen (secondary N) is 2. The molecule has 3 rings (SSSR count). The van der Waals surface area contributed by atoms with Gasteiger partial charge in [-0.1, -0.05) is 34.7 Å². The van der Waals surface area contributed by atoms with Gasteiger partial charge in [0.15, 0.2) is 22.6 Å². The van der Waals surface area contributed by atoms with Crippen LogP contribution in [0, 0.1) is 5.13 Å². The van der Waals surface area contributed by atoms with Gasteiger partial charge in [0.2, 0.25) is 10.0 Å². The van der Waals surface area contributed by atoms with Crippen LogP contribution in [0.3, 0.4) is 0 Å². The van der Waals surface area contributed by atoms with E-state index >= 15 is 0 Å². The summed E-state index contributed by atoms with van der Waals surface area (Å²) in [7, 11) is -2.29. The Labute approximate surface area is 193 Å². The van der Waals surface area contributed by atoms with E-state index in [9.17, 15) is 17.6 Å². The SMILES string of the molecule is COCCNS(=O)(=O)c1ccc(C(=NOCc2ccccn2)C(=O)Nc2ncc(F)s2)cc1. The maximum Gasteiger partial charge on any atom is 0.280 e. The molecule has 0 bridgehead atoms. The molecule has 10 nitrogen and oxygen atoms in total. The van der Waals surface area contributed by atoms with Crippen LogP contribution in [0.4, 0.5) is 9.52 Å². The van der Waals surface area contributed by atoms with Crippen molar-refractivity contribution in [2.24, 2.45) is 5.16 Å². The highest BCUT2D eigenvalue weighted by Crippen LogP contribution is 2.17. The van der Waals surface area contributed by atoms with E-state index in [2.05, 4.69) is 25.2 Å². The molecule has 2 N–H and O–H groups in total. The number of benzene rings is 1. The van der Waals surface area contributed by atoms with Gasteiger partial charge in [-0.15, -0.1) is 0 Å². The first kappa shape index (κ1) is 24.4. The van der Waals surface area contributed by atoms with Gasteiger partial charge < -0.3 is 9.57 Å². The molecule has 0 aliphatic carbocycles. The van der Waals surface area contributed by atoms with Crippen LogP contribution in [0.2, 0.25) is 0 Å². The van der Waals surface area contributed by atoms with E-state index in [4.69, 9.17) is 9.57 Å². The Balaban J connectivity index is 1.81. The predicted molar refractivity (Wildman–Crippen MR) is 120 cm³/mol. The Bertz CT molecular complexity index is 1200. The summed E-state index contributed by atoms with van der Waals surface area (Å²) in [5.74, 6) is -0.709. The predicted octanol–water partition coefficient (Wildman–Crippen LogP) is 2.16. The van der Waals surface area contributed by atoms with E-state index in [-0.39, 0.29) is 41.1 Å². The summed E-state index contributed by atoms with van der Waals surface area (Å²) < 4.78 is 45.2. The second-order valence-corrected chi connectivity index (χ2v) is 9.12. The maximum absolute atomic E-state index is 13.2. The average Bonchev–Trinajstić information content (AvgIpc) is 3.22. The van der Waals surface area contributed by atoms with Gasteiger partial charge >= 0.3 is 0 Å². The lowest BCUT2D eigenvalue weighted by Gasteiger charge is -2.09. The number of hydrogen-bond acceptors (Lipinski definition) is 9. The second-order valence-electron chi connectivity index (χ2n) is 6.37. The van der Waals surface area contributed by atoms with E-state index in [0.29, 0.717) is 17.0 Å². The molecule has 1 aromatic carbocycles. The Morgan fingerprint density at radius 3 is 2.61 bits per heavy atom. The number of carbonyl (C=O) groups is 1. The first-order valence-corrected chi connectivity index (χ1v) is 11.8. The highest BCUT2D eigenvalue weighted by Gasteiger charge is 2.19. The largest absolute Gasteiger partial charge is 0.389 e. The van der Waals surface area contributed by atoms with E-state index in [0.717, 1.165) is 6.20 Å². The highest BCUT2D eigenvalue weighted by molar-refractivity contribution is 7.89. The lowest BCUT2D eigenvalue weighted by molar-refractivity contribution is -0.110. The number of ether oxygens (including phenoxy) is 1. The highest BCUT2D eigenvalue weighted by atomic mass is 32.2. The number of carbonyl (C=O) groups excluding carboxylic acids is 1. The molecule has 174 valence electrons. The van der Waals surface area contributed by atoms with Gasteiger partial charge in [0.1, 0.15) is 0 Å². The molecule has 33 heavy (non-hydrogen) atoms. The maximum atomic E-state index is 13.2. The van der Waals surface area contributed by atoms with Gasteiger partial charge in [0, 0.05) is 25.4 Å². The lowest BCUT2D eigenvalue weighted by Crippen LogP contribution is -2.27. The molecular formula is C20H20FN5O5S2. The van der Waals surface area contributed by atoms with Crippen LogP contribution < -0.4 is 10.0 Å². The Kier molecular flexibility index (Phi) is 8.54. The number of sulfonamides is 1. The summed E-state index contributed by atoms with van der Waals surface area (Å²) in [4.78, 5) is 25.9. The van der Waals surface area contributed by atoms with Crippen LogP contribution in [-0.2, 0) is 31.0 Å². The zero-order valence-electron chi connectivity index (χ0n) is 17.4. The zero-order valence-corrected chi connectivity index (χ0v) is 19.0. The number of methoxy groups -OCH3 is 1. The van der Waals surface area contributed by atoms with Crippen molar-refractivity contribution in [3.63, 3.8) is 0 Å². The van der Waals surface area contributed by atoms with E-state index in [1.165, 1.54) is 31.4 Å². The lowest BCUT2D eigenvalue weighted by atomic mass is 10.1. The minimum absolute atomic E-state index is 0.000613. The van der Waals surface area contributed by atoms with Crippen molar-refractivity contribution in [1.82, 2.24) is 14.7 Å². The van der Waals surface area contributed by atoms with Crippen LogP contribution in [-0.4, -0.2) is 50.3 Å². The molecule has 0 saturated carbocycles. The number of halogens is 1. The van der Waals surface area contributed by atoms with E-state index < -0.39 is 21.1 Å². The van der Waals surface area contributed by atoms with Crippen molar-refractivity contribution < 1.29 is 27.2 Å². The quantitative estimate of drug-likeness (QED) is 0.238. The number of rotatable bonds is 11. The molecule has 0 radical (unpaired) electrons. The summed E-state index contributed by atoms with van der Waals surface area (Å²) in [6.07, 6.45) is 2.57. The number of thiazole rings is 1. The van der Waals surface area contributed by atoms with Gasteiger partial charge in [0.05, 0.1) is 23.4 Å². The van der Waals surface area contributed by atoms with Gasteiger partial charge in [-0.05, 0) is 24.3 Å². The zero-order chi connectivity index (χ0) is 23.7. The van der Waals surface area contributed by atoms with Crippen molar-refractivity contribution >= 4 is 38.1 Å². The van der Waals surface area contributed by atoms with Gasteiger partial charge in [0.25, 0.3) is 5.91 Å². The molecule has 2 heterocycles. The number of hydrogen-bond donors (Lipinski definition) is 2. The summed E-state index contributed by atoms with van der Waals surface area (Å²) in [5.41, 5.74) is 0.714. The summed E-state index contributed by atoms with van der Waals surface area (Å²) in [6.45, 7) is 0.333. The third-order valence-electron chi connectivity index (χ3n) is 4.04. The molecule has 0 unspecified atom stereocenters. The summed E-state index contributed by atoms with van der Waals surface area (Å²) in [6, 6.07) is 10.7. The molecule has 0 aliphatic heterocycles. The molecule has 1 amide bonds. The number of pyridine rings is 1. The molecule has 0 saturated heterocycles. The average molecular weight is 494 g/mol. The number of nitrogens with zero attached hydrogens (tertiary/aromatic N) is 3. The minimum atomic E-state index is -3.75. The normalized spacial score (nSPS) is 11.9. The second kappa shape index (κ2) is 11.6. The molecule has 13 heteroatoms. The molecule has 0 aliphatic rings. The molecule has 2 aromatic heterocycles. The van der Waals surface area contributed by atoms with Crippen LogP contribution in [0.25, 0.3) is 0 Å². The fourth-order valence-electron chi connectivity index (χ4n) is 2.49. The topological polar surface area (TPSA) is 132 Å². The third kappa shape index (κ3) is 7.12. The van der Waals surface area contributed by atoms with E-state index in [1.807, 2.05) is 0 Å². The van der Waals surface area contributed by atoms with Crippen LogP contribution in [0.15, 0.2) is 64.9 Å². The molecular weight excluding hydrogens is 473 g/mol. The first-order valence-electron chi connectivity index (χ1n) is 9.50. The Hall–Kier alpha value is -3.26. The van der Waals surface area contributed by atoms with Crippen molar-refractivity contribution in [3.8, 4) is 0 Å². The van der Waals surface area contributed by atoms with Crippen molar-refractivity contribution in [1.29, 1.82) is 0 Å². The molecule has 0 atom stereocenters.